The van der Waals surface area contributed by atoms with Gasteiger partial charge in [-0.1, -0.05) is 6.07 Å². The van der Waals surface area contributed by atoms with E-state index in [2.05, 4.69) is 28.9 Å². The molecule has 1 aliphatic rings. The minimum atomic E-state index is -0.966. The Kier molecular flexibility index (Phi) is 4.50. The van der Waals surface area contributed by atoms with Crippen molar-refractivity contribution in [2.45, 2.75) is 25.4 Å². The molecule has 0 radical (unpaired) electrons. The number of piperidine rings is 1. The van der Waals surface area contributed by atoms with Crippen LogP contribution in [0.15, 0.2) is 18.2 Å². The number of pyridine rings is 1. The molecule has 0 aliphatic carbocycles. The average Bonchev–Trinajstić information content (AvgIpc) is 2.39. The molecule has 2 rings (SSSR count). The van der Waals surface area contributed by atoms with Crippen molar-refractivity contribution >= 4 is 5.97 Å². The number of hydrogen-bond acceptors (Lipinski definition) is 4. The van der Waals surface area contributed by atoms with Gasteiger partial charge in [0.15, 0.2) is 0 Å². The van der Waals surface area contributed by atoms with Gasteiger partial charge in [0.2, 0.25) is 0 Å². The second kappa shape index (κ2) is 6.12. The zero-order valence-corrected chi connectivity index (χ0v) is 11.5. The quantitative estimate of drug-likeness (QED) is 0.887. The monoisotopic (exact) mass is 263 g/mol. The van der Waals surface area contributed by atoms with Gasteiger partial charge in [0.05, 0.1) is 5.69 Å². The Labute approximate surface area is 113 Å². The van der Waals surface area contributed by atoms with Gasteiger partial charge in [0.25, 0.3) is 0 Å². The number of nitrogens with zero attached hydrogens (tertiary/aromatic N) is 3. The van der Waals surface area contributed by atoms with Crippen LogP contribution < -0.4 is 0 Å². The topological polar surface area (TPSA) is 56.7 Å². The lowest BCUT2D eigenvalue weighted by atomic mass is 10.0. The summed E-state index contributed by atoms with van der Waals surface area (Å²) in [7, 11) is 4.22. The lowest BCUT2D eigenvalue weighted by molar-refractivity contribution is 0.0689. The van der Waals surface area contributed by atoms with E-state index < -0.39 is 5.97 Å². The van der Waals surface area contributed by atoms with E-state index >= 15 is 0 Å². The number of carboxylic acids is 1. The third kappa shape index (κ3) is 3.75. The minimum Gasteiger partial charge on any atom is -0.477 e. The predicted octanol–water partition coefficient (Wildman–Crippen LogP) is 1.31. The lowest BCUT2D eigenvalue weighted by Gasteiger charge is -2.35. The van der Waals surface area contributed by atoms with E-state index in [0.717, 1.165) is 25.3 Å². The number of likely N-dealkylation sites (N-methyl/N-ethyl adjacent to an activating group) is 1. The smallest absolute Gasteiger partial charge is 0.354 e. The molecule has 1 aromatic rings. The fourth-order valence-electron chi connectivity index (χ4n) is 2.51. The van der Waals surface area contributed by atoms with Gasteiger partial charge in [-0.25, -0.2) is 9.78 Å². The Bertz CT molecular complexity index is 448. The maximum absolute atomic E-state index is 10.9. The fourth-order valence-corrected chi connectivity index (χ4v) is 2.51. The van der Waals surface area contributed by atoms with Crippen LogP contribution in [-0.2, 0) is 6.54 Å². The molecule has 1 unspecified atom stereocenters. The van der Waals surface area contributed by atoms with Crippen LogP contribution in [0, 0.1) is 0 Å². The first-order chi connectivity index (χ1) is 9.06. The van der Waals surface area contributed by atoms with Gasteiger partial charge >= 0.3 is 5.97 Å². The van der Waals surface area contributed by atoms with Gasteiger partial charge in [-0.2, -0.15) is 0 Å². The van der Waals surface area contributed by atoms with Gasteiger partial charge in [-0.05, 0) is 45.6 Å². The molecular formula is C14H21N3O2. The van der Waals surface area contributed by atoms with Crippen LogP contribution in [0.1, 0.15) is 29.0 Å². The van der Waals surface area contributed by atoms with Crippen molar-refractivity contribution in [3.8, 4) is 0 Å². The summed E-state index contributed by atoms with van der Waals surface area (Å²) in [6.45, 7) is 2.81. The summed E-state index contributed by atoms with van der Waals surface area (Å²) in [6, 6.07) is 5.77. The van der Waals surface area contributed by atoms with Gasteiger partial charge < -0.3 is 10.0 Å². The van der Waals surface area contributed by atoms with Crippen LogP contribution in [-0.4, -0.2) is 59.1 Å². The third-order valence-electron chi connectivity index (χ3n) is 3.62. The van der Waals surface area contributed by atoms with Crippen molar-refractivity contribution in [3.63, 3.8) is 0 Å². The molecule has 1 N–H and O–H groups in total. The Morgan fingerprint density at radius 1 is 1.53 bits per heavy atom. The molecule has 5 heteroatoms. The molecule has 0 bridgehead atoms. The van der Waals surface area contributed by atoms with E-state index in [4.69, 9.17) is 5.11 Å². The molecule has 19 heavy (non-hydrogen) atoms. The van der Waals surface area contributed by atoms with Gasteiger partial charge in [0, 0.05) is 19.1 Å². The van der Waals surface area contributed by atoms with Crippen molar-refractivity contribution in [1.82, 2.24) is 14.8 Å². The van der Waals surface area contributed by atoms with Crippen molar-refractivity contribution in [2.75, 3.05) is 27.2 Å². The van der Waals surface area contributed by atoms with Crippen molar-refractivity contribution in [3.05, 3.63) is 29.6 Å². The average molecular weight is 263 g/mol. The highest BCUT2D eigenvalue weighted by atomic mass is 16.4. The van der Waals surface area contributed by atoms with Gasteiger partial charge in [-0.15, -0.1) is 0 Å². The highest BCUT2D eigenvalue weighted by Crippen LogP contribution is 2.15. The van der Waals surface area contributed by atoms with Gasteiger partial charge in [-0.3, -0.25) is 4.90 Å². The molecule has 0 amide bonds. The molecule has 1 aliphatic heterocycles. The van der Waals surface area contributed by atoms with Crippen molar-refractivity contribution in [1.29, 1.82) is 0 Å². The molecular weight excluding hydrogens is 242 g/mol. The molecule has 0 saturated carbocycles. The molecule has 5 nitrogen and oxygen atoms in total. The Morgan fingerprint density at radius 3 is 3.00 bits per heavy atom. The molecule has 104 valence electrons. The Morgan fingerprint density at radius 2 is 2.32 bits per heavy atom. The summed E-state index contributed by atoms with van der Waals surface area (Å²) >= 11 is 0. The molecule has 1 aromatic heterocycles. The molecule has 1 saturated heterocycles. The van der Waals surface area contributed by atoms with E-state index in [-0.39, 0.29) is 5.69 Å². The maximum Gasteiger partial charge on any atom is 0.354 e. The predicted molar refractivity (Wildman–Crippen MR) is 73.2 cm³/mol. The first-order valence-electron chi connectivity index (χ1n) is 6.64. The normalized spacial score (nSPS) is 20.7. The largest absolute Gasteiger partial charge is 0.477 e. The zero-order valence-electron chi connectivity index (χ0n) is 11.5. The summed E-state index contributed by atoms with van der Waals surface area (Å²) in [6.07, 6.45) is 2.41. The fraction of sp³-hybridized carbons (Fsp3) is 0.571. The molecule has 1 fully saturated rings. The number of carboxylic acid groups (broad SMARTS) is 1. The SMILES string of the molecule is CN(C)C1CCCN(Cc2cccc(C(=O)O)n2)C1. The van der Waals surface area contributed by atoms with Crippen LogP contribution >= 0.6 is 0 Å². The molecule has 2 heterocycles. The number of aromatic nitrogens is 1. The number of carbonyl (C=O) groups is 1. The molecule has 0 aromatic carbocycles. The van der Waals surface area contributed by atoms with Crippen molar-refractivity contribution in [2.24, 2.45) is 0 Å². The number of likely N-dealkylation sites (tertiary alicyclic amines) is 1. The summed E-state index contributed by atoms with van der Waals surface area (Å²) in [5, 5.41) is 8.95. The van der Waals surface area contributed by atoms with Crippen LogP contribution in [0.3, 0.4) is 0 Å². The van der Waals surface area contributed by atoms with E-state index in [1.807, 2.05) is 6.07 Å². The van der Waals surface area contributed by atoms with Crippen LogP contribution in [0.5, 0.6) is 0 Å². The second-order valence-electron chi connectivity index (χ2n) is 5.31. The Balaban J connectivity index is 2.00. The van der Waals surface area contributed by atoms with E-state index in [0.29, 0.717) is 6.04 Å². The lowest BCUT2D eigenvalue weighted by Crippen LogP contribution is -2.44. The zero-order chi connectivity index (χ0) is 13.8. The first kappa shape index (κ1) is 14.0. The second-order valence-corrected chi connectivity index (χ2v) is 5.31. The summed E-state index contributed by atoms with van der Waals surface area (Å²) in [4.78, 5) is 19.7. The van der Waals surface area contributed by atoms with E-state index in [1.165, 1.54) is 18.9 Å². The number of rotatable bonds is 4. The van der Waals surface area contributed by atoms with E-state index in [1.54, 1.807) is 6.07 Å². The standard InChI is InChI=1S/C14H21N3O2/c1-16(2)12-6-4-8-17(10-12)9-11-5-3-7-13(15-11)14(18)19/h3,5,7,12H,4,6,8-10H2,1-2H3,(H,18,19). The molecule has 0 spiro atoms. The third-order valence-corrected chi connectivity index (χ3v) is 3.62. The maximum atomic E-state index is 10.9. The van der Waals surface area contributed by atoms with Crippen molar-refractivity contribution < 1.29 is 9.90 Å². The summed E-state index contributed by atoms with van der Waals surface area (Å²) < 4.78 is 0. The summed E-state index contributed by atoms with van der Waals surface area (Å²) in [5.41, 5.74) is 0.956. The number of hydrogen-bond donors (Lipinski definition) is 1. The van der Waals surface area contributed by atoms with Crippen LogP contribution in [0.2, 0.25) is 0 Å². The van der Waals surface area contributed by atoms with Crippen LogP contribution in [0.4, 0.5) is 0 Å². The van der Waals surface area contributed by atoms with Crippen LogP contribution in [0.25, 0.3) is 0 Å². The highest BCUT2D eigenvalue weighted by Gasteiger charge is 2.21. The highest BCUT2D eigenvalue weighted by molar-refractivity contribution is 5.85. The number of aromatic carboxylic acids is 1. The van der Waals surface area contributed by atoms with E-state index in [9.17, 15) is 4.79 Å². The summed E-state index contributed by atoms with van der Waals surface area (Å²) in [5.74, 6) is -0.966. The van der Waals surface area contributed by atoms with Gasteiger partial charge in [0.1, 0.15) is 5.69 Å². The first-order valence-corrected chi connectivity index (χ1v) is 6.64. The minimum absolute atomic E-state index is 0.124. The molecule has 1 atom stereocenters. The Hall–Kier alpha value is -1.46.